The molecule has 1 spiro atoms. The standard InChI is InChI=1S/C14H18N4O3/c1-17-12(9-3-2-4-10(9)16-17)13(20)18-5-11(19)15-6-14(18)7-21-8-14/h2-8H2,1H3,(H,15,19). The quantitative estimate of drug-likeness (QED) is 0.738. The lowest BCUT2D eigenvalue weighted by atomic mass is 9.91. The summed E-state index contributed by atoms with van der Waals surface area (Å²) in [6.45, 7) is 1.54. The number of nitrogens with zero attached hydrogens (tertiary/aromatic N) is 3. The summed E-state index contributed by atoms with van der Waals surface area (Å²) in [6, 6.07) is 0. The average molecular weight is 290 g/mol. The van der Waals surface area contributed by atoms with Gasteiger partial charge in [-0.3, -0.25) is 14.3 Å². The molecule has 2 fully saturated rings. The van der Waals surface area contributed by atoms with Crippen molar-refractivity contribution in [2.24, 2.45) is 7.05 Å². The van der Waals surface area contributed by atoms with E-state index in [1.807, 2.05) is 0 Å². The van der Waals surface area contributed by atoms with Gasteiger partial charge in [-0.1, -0.05) is 0 Å². The minimum Gasteiger partial charge on any atom is -0.376 e. The summed E-state index contributed by atoms with van der Waals surface area (Å²) in [6.07, 6.45) is 2.88. The third-order valence-corrected chi connectivity index (χ3v) is 4.75. The number of carbonyl (C=O) groups is 2. The Balaban J connectivity index is 1.72. The second kappa shape index (κ2) is 4.30. The second-order valence-corrected chi connectivity index (χ2v) is 6.14. The maximum Gasteiger partial charge on any atom is 0.273 e. The van der Waals surface area contributed by atoms with Gasteiger partial charge in [0.15, 0.2) is 0 Å². The third-order valence-electron chi connectivity index (χ3n) is 4.75. The van der Waals surface area contributed by atoms with Crippen LogP contribution in [0.1, 0.15) is 28.2 Å². The van der Waals surface area contributed by atoms with Gasteiger partial charge in [-0.2, -0.15) is 5.10 Å². The van der Waals surface area contributed by atoms with Gasteiger partial charge in [-0.15, -0.1) is 0 Å². The number of carbonyl (C=O) groups excluding carboxylic acids is 2. The molecule has 0 bridgehead atoms. The van der Waals surface area contributed by atoms with Crippen LogP contribution in [0, 0.1) is 0 Å². The summed E-state index contributed by atoms with van der Waals surface area (Å²) in [4.78, 5) is 26.4. The van der Waals surface area contributed by atoms with E-state index in [0.717, 1.165) is 30.5 Å². The molecule has 21 heavy (non-hydrogen) atoms. The zero-order valence-corrected chi connectivity index (χ0v) is 12.0. The van der Waals surface area contributed by atoms with E-state index in [-0.39, 0.29) is 23.9 Å². The van der Waals surface area contributed by atoms with Crippen molar-refractivity contribution in [3.05, 3.63) is 17.0 Å². The highest BCUT2D eigenvalue weighted by atomic mass is 16.5. The molecule has 7 nitrogen and oxygen atoms in total. The normalized spacial score (nSPS) is 22.9. The minimum atomic E-state index is -0.374. The van der Waals surface area contributed by atoms with Gasteiger partial charge in [0.2, 0.25) is 5.91 Å². The van der Waals surface area contributed by atoms with Crippen LogP contribution in [0.4, 0.5) is 0 Å². The first kappa shape index (κ1) is 12.8. The van der Waals surface area contributed by atoms with Gasteiger partial charge in [0, 0.05) is 19.2 Å². The summed E-state index contributed by atoms with van der Waals surface area (Å²) in [5.41, 5.74) is 2.36. The molecule has 0 unspecified atom stereocenters. The Hall–Kier alpha value is -1.89. The second-order valence-electron chi connectivity index (χ2n) is 6.14. The van der Waals surface area contributed by atoms with Crippen molar-refractivity contribution in [3.63, 3.8) is 0 Å². The lowest BCUT2D eigenvalue weighted by Gasteiger charge is -2.51. The van der Waals surface area contributed by atoms with Crippen LogP contribution in [0.15, 0.2) is 0 Å². The molecule has 0 saturated carbocycles. The number of aromatic nitrogens is 2. The van der Waals surface area contributed by atoms with E-state index in [4.69, 9.17) is 4.74 Å². The van der Waals surface area contributed by atoms with Crippen LogP contribution >= 0.6 is 0 Å². The molecule has 0 radical (unpaired) electrons. The fraction of sp³-hybridized carbons (Fsp3) is 0.643. The van der Waals surface area contributed by atoms with Crippen molar-refractivity contribution in [1.29, 1.82) is 0 Å². The van der Waals surface area contributed by atoms with Gasteiger partial charge >= 0.3 is 0 Å². The predicted octanol–water partition coefficient (Wildman–Crippen LogP) is -0.750. The fourth-order valence-corrected chi connectivity index (χ4v) is 3.52. The lowest BCUT2D eigenvalue weighted by molar-refractivity contribution is -0.152. The van der Waals surface area contributed by atoms with E-state index < -0.39 is 0 Å². The summed E-state index contributed by atoms with van der Waals surface area (Å²) in [5, 5.41) is 7.29. The van der Waals surface area contributed by atoms with E-state index in [1.165, 1.54) is 0 Å². The zero-order chi connectivity index (χ0) is 14.6. The van der Waals surface area contributed by atoms with Crippen molar-refractivity contribution >= 4 is 11.8 Å². The monoisotopic (exact) mass is 290 g/mol. The molecule has 4 rings (SSSR count). The highest BCUT2D eigenvalue weighted by molar-refractivity contribution is 5.98. The molecule has 3 heterocycles. The molecule has 1 aliphatic carbocycles. The molecule has 1 aromatic rings. The Bertz CT molecular complexity index is 632. The SMILES string of the molecule is Cn1nc2c(c1C(=O)N1CC(=O)NCC13COC3)CCC2. The number of rotatable bonds is 1. The first-order valence-corrected chi connectivity index (χ1v) is 7.32. The van der Waals surface area contributed by atoms with E-state index in [1.54, 1.807) is 16.6 Å². The molecule has 3 aliphatic rings. The van der Waals surface area contributed by atoms with Gasteiger partial charge in [0.25, 0.3) is 5.91 Å². The van der Waals surface area contributed by atoms with Crippen LogP contribution < -0.4 is 5.32 Å². The number of piperazine rings is 1. The van der Waals surface area contributed by atoms with Crippen LogP contribution in [0.5, 0.6) is 0 Å². The van der Waals surface area contributed by atoms with Crippen molar-refractivity contribution in [1.82, 2.24) is 20.0 Å². The number of aryl methyl sites for hydroxylation is 2. The van der Waals surface area contributed by atoms with Gasteiger partial charge < -0.3 is 15.0 Å². The summed E-state index contributed by atoms with van der Waals surface area (Å²) in [5.74, 6) is -0.203. The summed E-state index contributed by atoms with van der Waals surface area (Å²) in [7, 11) is 1.81. The van der Waals surface area contributed by atoms with E-state index in [2.05, 4.69) is 10.4 Å². The first-order chi connectivity index (χ1) is 10.1. The number of nitrogens with one attached hydrogen (secondary N) is 1. The molecule has 112 valence electrons. The van der Waals surface area contributed by atoms with Crippen LogP contribution in [-0.2, 0) is 29.4 Å². The van der Waals surface area contributed by atoms with Gasteiger partial charge in [-0.25, -0.2) is 0 Å². The average Bonchev–Trinajstić information content (AvgIpc) is 2.95. The van der Waals surface area contributed by atoms with Crippen molar-refractivity contribution in [2.75, 3.05) is 26.3 Å². The zero-order valence-electron chi connectivity index (χ0n) is 12.0. The number of amides is 2. The highest BCUT2D eigenvalue weighted by Crippen LogP contribution is 2.31. The maximum atomic E-state index is 13.0. The summed E-state index contributed by atoms with van der Waals surface area (Å²) >= 11 is 0. The third kappa shape index (κ3) is 1.73. The molecule has 1 N–H and O–H groups in total. The smallest absolute Gasteiger partial charge is 0.273 e. The van der Waals surface area contributed by atoms with Crippen LogP contribution in [0.2, 0.25) is 0 Å². The Kier molecular flexibility index (Phi) is 2.63. The van der Waals surface area contributed by atoms with Crippen molar-refractivity contribution < 1.29 is 14.3 Å². The van der Waals surface area contributed by atoms with E-state index in [0.29, 0.717) is 25.5 Å². The topological polar surface area (TPSA) is 76.5 Å². The number of fused-ring (bicyclic) bond motifs is 1. The Morgan fingerprint density at radius 3 is 2.90 bits per heavy atom. The minimum absolute atomic E-state index is 0.0914. The maximum absolute atomic E-state index is 13.0. The number of hydrogen-bond donors (Lipinski definition) is 1. The summed E-state index contributed by atoms with van der Waals surface area (Å²) < 4.78 is 6.98. The Morgan fingerprint density at radius 2 is 2.19 bits per heavy atom. The molecular formula is C14H18N4O3. The van der Waals surface area contributed by atoms with Crippen LogP contribution in [0.25, 0.3) is 0 Å². The molecular weight excluding hydrogens is 272 g/mol. The van der Waals surface area contributed by atoms with Crippen molar-refractivity contribution in [3.8, 4) is 0 Å². The molecule has 2 amide bonds. The molecule has 2 saturated heterocycles. The number of ether oxygens (including phenoxy) is 1. The van der Waals surface area contributed by atoms with Crippen LogP contribution in [-0.4, -0.2) is 58.3 Å². The van der Waals surface area contributed by atoms with Gasteiger partial charge in [-0.05, 0) is 19.3 Å². The van der Waals surface area contributed by atoms with Crippen molar-refractivity contribution in [2.45, 2.75) is 24.8 Å². The highest BCUT2D eigenvalue weighted by Gasteiger charge is 2.50. The molecule has 7 heteroatoms. The lowest BCUT2D eigenvalue weighted by Crippen LogP contribution is -2.73. The fourth-order valence-electron chi connectivity index (χ4n) is 3.52. The van der Waals surface area contributed by atoms with E-state index >= 15 is 0 Å². The first-order valence-electron chi connectivity index (χ1n) is 7.32. The van der Waals surface area contributed by atoms with Gasteiger partial charge in [0.05, 0.1) is 18.9 Å². The predicted molar refractivity (Wildman–Crippen MR) is 72.8 cm³/mol. The molecule has 2 aliphatic heterocycles. The Morgan fingerprint density at radius 1 is 1.38 bits per heavy atom. The molecule has 1 aromatic heterocycles. The number of hydrogen-bond acceptors (Lipinski definition) is 4. The molecule has 0 atom stereocenters. The molecule has 0 aromatic carbocycles. The Labute approximate surface area is 122 Å². The largest absolute Gasteiger partial charge is 0.376 e. The van der Waals surface area contributed by atoms with Crippen LogP contribution in [0.3, 0.4) is 0 Å². The van der Waals surface area contributed by atoms with E-state index in [9.17, 15) is 9.59 Å². The van der Waals surface area contributed by atoms with Gasteiger partial charge in [0.1, 0.15) is 17.8 Å².